The minimum atomic E-state index is -5.44. The number of hydrogen-bond donors (Lipinski definition) is 6. The largest absolute Gasteiger partial charge is 0.477 e. The number of nitrogens with one attached hydrogen (secondary N) is 4. The summed E-state index contributed by atoms with van der Waals surface area (Å²) in [5.74, 6) is -16.5. The van der Waals surface area contributed by atoms with Crippen LogP contribution in [0.15, 0.2) is 66.7 Å². The quantitative estimate of drug-likeness (QED) is 0.0833. The predicted molar refractivity (Wildman–Crippen MR) is 219 cm³/mol. The number of likely N-dealkylation sites (tertiary alicyclic amines) is 1. The van der Waals surface area contributed by atoms with E-state index in [0.29, 0.717) is 30.9 Å². The zero-order valence-electron chi connectivity index (χ0n) is 33.2. The molecule has 0 radical (unpaired) electrons. The van der Waals surface area contributed by atoms with Crippen molar-refractivity contribution in [1.82, 2.24) is 30.7 Å². The SMILES string of the molecule is Cc1ccc(C(=O)NC2CCN(C)CC2)cc1-c1ccc(C[C@H](NC(=O)C2CCC(CN)CC2)C(=O)Nc2ccc(-c3n[nH]c(C(F)(F)C(F)(F)C(=O)O)n3)cc2)cc1.Cl. The van der Waals surface area contributed by atoms with Gasteiger partial charge in [-0.2, -0.15) is 22.7 Å². The number of alkyl halides is 4. The fourth-order valence-electron chi connectivity index (χ4n) is 7.46. The van der Waals surface area contributed by atoms with Gasteiger partial charge in [0.2, 0.25) is 17.6 Å². The summed E-state index contributed by atoms with van der Waals surface area (Å²) in [7, 11) is 2.07. The number of aliphatic carboxylic acids is 1. The Morgan fingerprint density at radius 1 is 0.917 bits per heavy atom. The molecule has 1 aromatic heterocycles. The highest BCUT2D eigenvalue weighted by atomic mass is 35.5. The molecule has 2 fully saturated rings. The van der Waals surface area contributed by atoms with Crippen molar-refractivity contribution in [2.45, 2.75) is 75.8 Å². The van der Waals surface area contributed by atoms with Gasteiger partial charge in [0.25, 0.3) is 5.91 Å². The van der Waals surface area contributed by atoms with Crippen molar-refractivity contribution in [2.75, 3.05) is 32.0 Å². The van der Waals surface area contributed by atoms with E-state index < -0.39 is 41.4 Å². The number of aromatic nitrogens is 3. The summed E-state index contributed by atoms with van der Waals surface area (Å²) in [6.07, 6.45) is 4.85. The van der Waals surface area contributed by atoms with E-state index in [2.05, 4.69) is 38.0 Å². The van der Waals surface area contributed by atoms with E-state index in [1.54, 1.807) is 5.10 Å². The Morgan fingerprint density at radius 2 is 1.55 bits per heavy atom. The number of rotatable bonds is 14. The predicted octanol–water partition coefficient (Wildman–Crippen LogP) is 5.94. The van der Waals surface area contributed by atoms with Crippen LogP contribution < -0.4 is 21.7 Å². The summed E-state index contributed by atoms with van der Waals surface area (Å²) in [6.45, 7) is 4.38. The lowest BCUT2D eigenvalue weighted by Gasteiger charge is -2.29. The molecule has 1 atom stereocenters. The number of amides is 3. The molecule has 3 amide bonds. The van der Waals surface area contributed by atoms with Crippen LogP contribution in [0.25, 0.3) is 22.5 Å². The molecule has 1 saturated heterocycles. The summed E-state index contributed by atoms with van der Waals surface area (Å²) in [5.41, 5.74) is 10.3. The molecular formula is C42H49ClF4N8O5. The number of halogens is 5. The number of carbonyl (C=O) groups excluding carboxylic acids is 3. The minimum Gasteiger partial charge on any atom is -0.477 e. The van der Waals surface area contributed by atoms with E-state index in [9.17, 15) is 36.7 Å². The van der Waals surface area contributed by atoms with Crippen molar-refractivity contribution in [3.05, 3.63) is 89.2 Å². The summed E-state index contributed by atoms with van der Waals surface area (Å²) in [6, 6.07) is 17.8. The Kier molecular flexibility index (Phi) is 14.7. The molecule has 322 valence electrons. The number of carboxylic acid groups (broad SMARTS) is 1. The van der Waals surface area contributed by atoms with Crippen LogP contribution in [-0.2, 0) is 26.7 Å². The maximum Gasteiger partial charge on any atom is 0.411 e. The molecule has 0 bridgehead atoms. The Labute approximate surface area is 350 Å². The first-order valence-corrected chi connectivity index (χ1v) is 19.6. The summed E-state index contributed by atoms with van der Waals surface area (Å²) in [5, 5.41) is 22.7. The van der Waals surface area contributed by atoms with Gasteiger partial charge in [-0.3, -0.25) is 19.5 Å². The number of carbonyl (C=O) groups is 4. The van der Waals surface area contributed by atoms with E-state index in [-0.39, 0.29) is 53.9 Å². The second-order valence-electron chi connectivity index (χ2n) is 15.5. The number of nitrogens with two attached hydrogens (primary N) is 1. The molecule has 0 spiro atoms. The summed E-state index contributed by atoms with van der Waals surface area (Å²) < 4.78 is 55.9. The van der Waals surface area contributed by atoms with Gasteiger partial charge in [0.1, 0.15) is 6.04 Å². The third-order valence-corrected chi connectivity index (χ3v) is 11.3. The van der Waals surface area contributed by atoms with E-state index in [0.717, 1.165) is 61.0 Å². The number of H-pyrrole nitrogens is 1. The van der Waals surface area contributed by atoms with E-state index >= 15 is 0 Å². The summed E-state index contributed by atoms with van der Waals surface area (Å²) >= 11 is 0. The van der Waals surface area contributed by atoms with Crippen molar-refractivity contribution < 1.29 is 41.8 Å². The van der Waals surface area contributed by atoms with Crippen LogP contribution in [0.3, 0.4) is 0 Å². The van der Waals surface area contributed by atoms with Gasteiger partial charge in [-0.25, -0.2) is 9.78 Å². The number of carboxylic acids is 1. The third-order valence-electron chi connectivity index (χ3n) is 11.3. The van der Waals surface area contributed by atoms with E-state index in [4.69, 9.17) is 10.8 Å². The zero-order valence-corrected chi connectivity index (χ0v) is 34.0. The van der Waals surface area contributed by atoms with Crippen LogP contribution in [-0.4, -0.2) is 93.6 Å². The van der Waals surface area contributed by atoms with Crippen LogP contribution >= 0.6 is 12.4 Å². The van der Waals surface area contributed by atoms with Gasteiger partial charge in [0.15, 0.2) is 5.82 Å². The van der Waals surface area contributed by atoms with Gasteiger partial charge in [0, 0.05) is 35.2 Å². The molecule has 18 heteroatoms. The molecule has 60 heavy (non-hydrogen) atoms. The average Bonchev–Trinajstić information content (AvgIpc) is 3.73. The van der Waals surface area contributed by atoms with Crippen LogP contribution in [0, 0.1) is 18.8 Å². The van der Waals surface area contributed by atoms with E-state index in [1.165, 1.54) is 24.3 Å². The molecule has 7 N–H and O–H groups in total. The van der Waals surface area contributed by atoms with Crippen molar-refractivity contribution >= 4 is 41.8 Å². The molecule has 1 saturated carbocycles. The highest BCUT2D eigenvalue weighted by Gasteiger charge is 2.65. The number of aromatic amines is 1. The second-order valence-corrected chi connectivity index (χ2v) is 15.5. The topological polar surface area (TPSA) is 195 Å². The Balaban J connectivity index is 0.00000683. The maximum atomic E-state index is 14.3. The molecule has 1 aliphatic heterocycles. The lowest BCUT2D eigenvalue weighted by Crippen LogP contribution is -2.48. The number of anilines is 1. The molecule has 3 aromatic carbocycles. The first kappa shape index (κ1) is 45.7. The number of hydrogen-bond acceptors (Lipinski definition) is 8. The number of piperidine rings is 1. The molecule has 0 unspecified atom stereocenters. The lowest BCUT2D eigenvalue weighted by atomic mass is 9.81. The number of aryl methyl sites for hydroxylation is 1. The molecule has 13 nitrogen and oxygen atoms in total. The van der Waals surface area contributed by atoms with Crippen molar-refractivity contribution in [3.8, 4) is 22.5 Å². The first-order valence-electron chi connectivity index (χ1n) is 19.6. The Bertz CT molecular complexity index is 2140. The van der Waals surface area contributed by atoms with Crippen molar-refractivity contribution in [1.29, 1.82) is 0 Å². The molecule has 4 aromatic rings. The van der Waals surface area contributed by atoms with Crippen LogP contribution in [0.1, 0.15) is 65.8 Å². The highest BCUT2D eigenvalue weighted by molar-refractivity contribution is 5.98. The lowest BCUT2D eigenvalue weighted by molar-refractivity contribution is -0.231. The van der Waals surface area contributed by atoms with Crippen molar-refractivity contribution in [2.24, 2.45) is 17.6 Å². The van der Waals surface area contributed by atoms with Gasteiger partial charge in [-0.05, 0) is 137 Å². The van der Waals surface area contributed by atoms with Gasteiger partial charge >= 0.3 is 17.8 Å². The number of benzene rings is 3. The standard InChI is InChI=1S/C42H48F4N8O5.ClH/c1-24-3-8-30(37(56)48-32-17-19-54(2)20-18-32)22-33(24)27-9-4-25(5-10-27)21-34(50-36(55)29-11-6-26(23-47)7-12-29)38(57)49-31-15-13-28(14-16-31)35-51-39(53-52-35)41(43,44)42(45,46)40(58)59;/h3-5,8-10,13-16,22,26,29,32,34H,6-7,11-12,17-21,23,47H2,1-2H3,(H,48,56)(H,49,57)(H,50,55)(H,58,59)(H,51,52,53);1H/t26?,29?,34-;/m0./s1. The molecule has 1 aliphatic carbocycles. The molecule has 2 heterocycles. The maximum absolute atomic E-state index is 14.3. The number of nitrogens with zero attached hydrogens (tertiary/aromatic N) is 3. The molecular weight excluding hydrogens is 808 g/mol. The van der Waals surface area contributed by atoms with Crippen LogP contribution in [0.4, 0.5) is 23.2 Å². The smallest absolute Gasteiger partial charge is 0.411 e. The Hall–Kier alpha value is -5.39. The highest BCUT2D eigenvalue weighted by Crippen LogP contribution is 2.42. The zero-order chi connectivity index (χ0) is 42.5. The second kappa shape index (κ2) is 19.3. The van der Waals surface area contributed by atoms with Gasteiger partial charge < -0.3 is 31.7 Å². The average molecular weight is 857 g/mol. The third kappa shape index (κ3) is 10.5. The van der Waals surface area contributed by atoms with E-state index in [1.807, 2.05) is 49.4 Å². The minimum absolute atomic E-state index is 0. The first-order chi connectivity index (χ1) is 28.0. The fourth-order valence-corrected chi connectivity index (χ4v) is 7.46. The summed E-state index contributed by atoms with van der Waals surface area (Å²) in [4.78, 5) is 56.9. The van der Waals surface area contributed by atoms with Gasteiger partial charge in [-0.1, -0.05) is 30.3 Å². The van der Waals surface area contributed by atoms with Gasteiger partial charge in [0.05, 0.1) is 0 Å². The Morgan fingerprint density at radius 3 is 2.17 bits per heavy atom. The van der Waals surface area contributed by atoms with Crippen molar-refractivity contribution in [3.63, 3.8) is 0 Å². The monoisotopic (exact) mass is 856 g/mol. The van der Waals surface area contributed by atoms with Crippen LogP contribution in [0.5, 0.6) is 0 Å². The van der Waals surface area contributed by atoms with Gasteiger partial charge in [-0.15, -0.1) is 12.4 Å². The molecule has 2 aliphatic rings. The normalized spacial score (nSPS) is 18.2. The fraction of sp³-hybridized carbons (Fsp3) is 0.429. The molecule has 6 rings (SSSR count). The van der Waals surface area contributed by atoms with Crippen LogP contribution in [0.2, 0.25) is 0 Å².